The minimum atomic E-state index is -0.815. The Morgan fingerprint density at radius 2 is 2.29 bits per heavy atom. The first kappa shape index (κ1) is 11.5. The van der Waals surface area contributed by atoms with Crippen molar-refractivity contribution in [1.82, 2.24) is 4.90 Å². The molecule has 14 heavy (non-hydrogen) atoms. The molecule has 1 aliphatic rings. The fourth-order valence-corrected chi connectivity index (χ4v) is 1.87. The normalized spacial score (nSPS) is 30.5. The lowest BCUT2D eigenvalue weighted by Gasteiger charge is -2.23. The molecule has 0 aromatic heterocycles. The van der Waals surface area contributed by atoms with Gasteiger partial charge in [0.25, 0.3) is 0 Å². The lowest BCUT2D eigenvalue weighted by atomic mass is 10.1. The predicted octanol–water partition coefficient (Wildman–Crippen LogP) is 0.552. The number of carboxylic acids is 1. The molecule has 0 amide bonds. The average molecular weight is 201 g/mol. The Hall–Kier alpha value is -0.610. The van der Waals surface area contributed by atoms with E-state index in [0.717, 1.165) is 13.0 Å². The topological polar surface area (TPSA) is 60.8 Å². The van der Waals surface area contributed by atoms with Gasteiger partial charge in [0.15, 0.2) is 0 Å². The summed E-state index contributed by atoms with van der Waals surface area (Å²) in [5.41, 5.74) is 0. The molecule has 1 saturated heterocycles. The van der Waals surface area contributed by atoms with Crippen LogP contribution in [-0.4, -0.2) is 46.3 Å². The standard InChI is InChI=1S/C10H19NO3/c1-3-7(2)5-11-6-8(12)4-9(11)10(13)14/h7-9,12H,3-6H2,1-2H3,(H,13,14). The summed E-state index contributed by atoms with van der Waals surface area (Å²) in [7, 11) is 0. The molecule has 0 aliphatic carbocycles. The number of aliphatic hydroxyl groups excluding tert-OH is 1. The van der Waals surface area contributed by atoms with Crippen molar-refractivity contribution in [2.24, 2.45) is 5.92 Å². The summed E-state index contributed by atoms with van der Waals surface area (Å²) in [6.45, 7) is 5.46. The van der Waals surface area contributed by atoms with Gasteiger partial charge in [0.1, 0.15) is 6.04 Å². The third-order valence-corrected chi connectivity index (χ3v) is 2.91. The molecule has 3 atom stereocenters. The van der Waals surface area contributed by atoms with E-state index in [-0.39, 0.29) is 0 Å². The fourth-order valence-electron chi connectivity index (χ4n) is 1.87. The number of carboxylic acid groups (broad SMARTS) is 1. The maximum absolute atomic E-state index is 10.9. The van der Waals surface area contributed by atoms with Crippen LogP contribution in [0.2, 0.25) is 0 Å². The van der Waals surface area contributed by atoms with Gasteiger partial charge in [-0.2, -0.15) is 0 Å². The van der Waals surface area contributed by atoms with Crippen molar-refractivity contribution in [3.05, 3.63) is 0 Å². The third-order valence-electron chi connectivity index (χ3n) is 2.91. The Morgan fingerprint density at radius 1 is 1.64 bits per heavy atom. The summed E-state index contributed by atoms with van der Waals surface area (Å²) in [4.78, 5) is 12.8. The highest BCUT2D eigenvalue weighted by Crippen LogP contribution is 2.20. The van der Waals surface area contributed by atoms with Crippen molar-refractivity contribution in [2.75, 3.05) is 13.1 Å². The number of hydrogen-bond donors (Lipinski definition) is 2. The zero-order valence-corrected chi connectivity index (χ0v) is 8.81. The average Bonchev–Trinajstić information content (AvgIpc) is 2.46. The SMILES string of the molecule is CCC(C)CN1CC(O)CC1C(=O)O. The van der Waals surface area contributed by atoms with Crippen LogP contribution in [0, 0.1) is 5.92 Å². The number of carbonyl (C=O) groups is 1. The number of aliphatic hydroxyl groups is 1. The summed E-state index contributed by atoms with van der Waals surface area (Å²) in [5.74, 6) is -0.327. The largest absolute Gasteiger partial charge is 0.480 e. The molecule has 82 valence electrons. The van der Waals surface area contributed by atoms with Crippen LogP contribution in [0.3, 0.4) is 0 Å². The summed E-state index contributed by atoms with van der Waals surface area (Å²) in [6.07, 6.45) is 0.935. The second kappa shape index (κ2) is 4.75. The molecule has 0 aromatic carbocycles. The molecule has 1 rings (SSSR count). The second-order valence-corrected chi connectivity index (χ2v) is 4.21. The highest BCUT2D eigenvalue weighted by atomic mass is 16.4. The summed E-state index contributed by atoms with van der Waals surface area (Å²) < 4.78 is 0. The first-order valence-corrected chi connectivity index (χ1v) is 5.19. The monoisotopic (exact) mass is 201 g/mol. The van der Waals surface area contributed by atoms with E-state index >= 15 is 0 Å². The predicted molar refractivity (Wildman–Crippen MR) is 53.1 cm³/mol. The van der Waals surface area contributed by atoms with Crippen molar-refractivity contribution in [3.8, 4) is 0 Å². The van der Waals surface area contributed by atoms with Crippen LogP contribution in [0.5, 0.6) is 0 Å². The van der Waals surface area contributed by atoms with Crippen molar-refractivity contribution in [3.63, 3.8) is 0 Å². The third kappa shape index (κ3) is 2.69. The quantitative estimate of drug-likeness (QED) is 0.697. The number of likely N-dealkylation sites (tertiary alicyclic amines) is 1. The van der Waals surface area contributed by atoms with E-state index in [4.69, 9.17) is 5.11 Å². The van der Waals surface area contributed by atoms with Crippen LogP contribution in [0.1, 0.15) is 26.7 Å². The van der Waals surface area contributed by atoms with E-state index in [2.05, 4.69) is 13.8 Å². The van der Waals surface area contributed by atoms with Gasteiger partial charge in [-0.3, -0.25) is 9.69 Å². The molecule has 0 radical (unpaired) electrons. The Bertz CT molecular complexity index is 208. The van der Waals surface area contributed by atoms with Gasteiger partial charge < -0.3 is 10.2 Å². The number of hydrogen-bond acceptors (Lipinski definition) is 3. The van der Waals surface area contributed by atoms with Gasteiger partial charge in [-0.25, -0.2) is 0 Å². The molecule has 1 fully saturated rings. The van der Waals surface area contributed by atoms with Crippen LogP contribution in [0.15, 0.2) is 0 Å². The van der Waals surface area contributed by atoms with Gasteiger partial charge in [0.2, 0.25) is 0 Å². The van der Waals surface area contributed by atoms with Crippen molar-refractivity contribution >= 4 is 5.97 Å². The Balaban J connectivity index is 2.53. The van der Waals surface area contributed by atoms with Gasteiger partial charge in [0, 0.05) is 19.5 Å². The highest BCUT2D eigenvalue weighted by molar-refractivity contribution is 5.74. The molecule has 0 saturated carbocycles. The van der Waals surface area contributed by atoms with Gasteiger partial charge >= 0.3 is 5.97 Å². The molecule has 1 heterocycles. The minimum absolute atomic E-state index is 0.367. The molecular formula is C10H19NO3. The molecule has 0 aromatic rings. The second-order valence-electron chi connectivity index (χ2n) is 4.21. The first-order chi connectivity index (χ1) is 6.54. The van der Waals surface area contributed by atoms with Crippen LogP contribution in [0.25, 0.3) is 0 Å². The first-order valence-electron chi connectivity index (χ1n) is 5.19. The minimum Gasteiger partial charge on any atom is -0.480 e. The van der Waals surface area contributed by atoms with Crippen LogP contribution >= 0.6 is 0 Å². The summed E-state index contributed by atoms with van der Waals surface area (Å²) >= 11 is 0. The molecule has 4 heteroatoms. The van der Waals surface area contributed by atoms with Gasteiger partial charge in [-0.05, 0) is 5.92 Å². The van der Waals surface area contributed by atoms with Crippen molar-refractivity contribution in [2.45, 2.75) is 38.8 Å². The van der Waals surface area contributed by atoms with E-state index in [9.17, 15) is 9.90 Å². The zero-order chi connectivity index (χ0) is 10.7. The van der Waals surface area contributed by atoms with Crippen LogP contribution in [-0.2, 0) is 4.79 Å². The van der Waals surface area contributed by atoms with Crippen LogP contribution in [0.4, 0.5) is 0 Å². The lowest BCUT2D eigenvalue weighted by Crippen LogP contribution is -2.38. The van der Waals surface area contributed by atoms with Gasteiger partial charge in [-0.15, -0.1) is 0 Å². The number of aliphatic carboxylic acids is 1. The van der Waals surface area contributed by atoms with E-state index in [0.29, 0.717) is 18.9 Å². The van der Waals surface area contributed by atoms with E-state index in [1.54, 1.807) is 0 Å². The smallest absolute Gasteiger partial charge is 0.321 e. The number of nitrogens with zero attached hydrogens (tertiary/aromatic N) is 1. The van der Waals surface area contributed by atoms with Crippen molar-refractivity contribution in [1.29, 1.82) is 0 Å². The van der Waals surface area contributed by atoms with Crippen LogP contribution < -0.4 is 0 Å². The Morgan fingerprint density at radius 3 is 2.79 bits per heavy atom. The molecule has 1 aliphatic heterocycles. The fraction of sp³-hybridized carbons (Fsp3) is 0.900. The van der Waals surface area contributed by atoms with E-state index in [1.165, 1.54) is 0 Å². The molecule has 2 N–H and O–H groups in total. The molecule has 4 nitrogen and oxygen atoms in total. The molecule has 3 unspecified atom stereocenters. The van der Waals surface area contributed by atoms with E-state index in [1.807, 2.05) is 4.90 Å². The maximum atomic E-state index is 10.9. The Kier molecular flexibility index (Phi) is 3.89. The summed E-state index contributed by atoms with van der Waals surface area (Å²) in [6, 6.07) is -0.487. The van der Waals surface area contributed by atoms with E-state index < -0.39 is 18.1 Å². The molecule has 0 spiro atoms. The maximum Gasteiger partial charge on any atom is 0.321 e. The van der Waals surface area contributed by atoms with Gasteiger partial charge in [-0.1, -0.05) is 20.3 Å². The zero-order valence-electron chi connectivity index (χ0n) is 8.81. The Labute approximate surface area is 84.5 Å². The lowest BCUT2D eigenvalue weighted by molar-refractivity contribution is -0.142. The highest BCUT2D eigenvalue weighted by Gasteiger charge is 2.35. The molecular weight excluding hydrogens is 182 g/mol. The number of rotatable bonds is 4. The number of β-amino-alcohol motifs (C(OH)–C–C–N with tert-alkyl or cyclic N) is 1. The molecule has 0 bridgehead atoms. The van der Waals surface area contributed by atoms with Crippen molar-refractivity contribution < 1.29 is 15.0 Å². The van der Waals surface area contributed by atoms with Gasteiger partial charge in [0.05, 0.1) is 6.10 Å². The summed E-state index contributed by atoms with van der Waals surface area (Å²) in [5, 5.41) is 18.3.